The van der Waals surface area contributed by atoms with E-state index in [9.17, 15) is 23.2 Å². The Labute approximate surface area is 221 Å². The molecule has 2 atom stereocenters. The minimum atomic E-state index is -2.96. The number of benzene rings is 2. The van der Waals surface area contributed by atoms with Crippen LogP contribution in [0.2, 0.25) is 6.04 Å². The zero-order valence-electron chi connectivity index (χ0n) is 21.0. The number of ether oxygens (including phenoxy) is 2. The Balaban J connectivity index is 1.25. The molecule has 200 valence electrons. The molecule has 8 nitrogen and oxygen atoms in total. The fourth-order valence-electron chi connectivity index (χ4n) is 4.77. The number of carbonyl (C=O) groups is 3. The lowest BCUT2D eigenvalue weighted by Gasteiger charge is -2.38. The highest BCUT2D eigenvalue weighted by Crippen LogP contribution is 2.36. The molecule has 2 aromatic rings. The molecule has 0 bridgehead atoms. The molecule has 0 spiro atoms. The van der Waals surface area contributed by atoms with Gasteiger partial charge in [-0.15, -0.1) is 0 Å². The van der Waals surface area contributed by atoms with Crippen LogP contribution in [0.3, 0.4) is 0 Å². The number of hydrogen-bond acceptors (Lipinski definition) is 5. The van der Waals surface area contributed by atoms with Gasteiger partial charge in [-0.05, 0) is 65.2 Å². The monoisotopic (exact) mass is 541 g/mol. The number of nitrogens with zero attached hydrogens (tertiary/aromatic N) is 1. The second-order valence-electron chi connectivity index (χ2n) is 9.88. The third-order valence-electron chi connectivity index (χ3n) is 7.10. The molecule has 11 heteroatoms. The van der Waals surface area contributed by atoms with Crippen molar-refractivity contribution in [3.05, 3.63) is 58.7 Å². The van der Waals surface area contributed by atoms with Gasteiger partial charge in [0.2, 0.25) is 11.8 Å². The molecule has 0 unspecified atom stereocenters. The molecule has 2 fully saturated rings. The number of halogens is 2. The lowest BCUT2D eigenvalue weighted by atomic mass is 10.1. The highest BCUT2D eigenvalue weighted by molar-refractivity contribution is 6.39. The first kappa shape index (κ1) is 26.1. The average molecular weight is 542 g/mol. The Morgan fingerprint density at radius 3 is 2.74 bits per heavy atom. The van der Waals surface area contributed by atoms with E-state index in [1.54, 1.807) is 23.1 Å². The van der Waals surface area contributed by atoms with Gasteiger partial charge in [0.15, 0.2) is 11.5 Å². The topological polar surface area (TPSA) is 97.0 Å². The van der Waals surface area contributed by atoms with E-state index >= 15 is 0 Å². The maximum Gasteiger partial charge on any atom is 0.387 e. The number of nitrogens with one attached hydrogen (secondary N) is 2. The molecule has 2 aliphatic heterocycles. The second kappa shape index (κ2) is 11.1. The predicted octanol–water partition coefficient (Wildman–Crippen LogP) is 3.03. The number of rotatable bonds is 9. The van der Waals surface area contributed by atoms with Gasteiger partial charge in [0.25, 0.3) is 5.91 Å². The van der Waals surface area contributed by atoms with Crippen LogP contribution in [0, 0.1) is 5.92 Å². The summed E-state index contributed by atoms with van der Waals surface area (Å²) in [6, 6.07) is 10.4. The zero-order valence-corrected chi connectivity index (χ0v) is 22.0. The molecule has 3 aliphatic rings. The van der Waals surface area contributed by atoms with Gasteiger partial charge in [0.1, 0.15) is 6.04 Å². The van der Waals surface area contributed by atoms with Crippen molar-refractivity contribution in [1.82, 2.24) is 15.5 Å². The summed E-state index contributed by atoms with van der Waals surface area (Å²) >= 11 is 0. The molecule has 2 N–H and O–H groups in total. The van der Waals surface area contributed by atoms with Gasteiger partial charge >= 0.3 is 6.61 Å². The molecule has 1 aliphatic carbocycles. The highest BCUT2D eigenvalue weighted by atomic mass is 28.2. The van der Waals surface area contributed by atoms with E-state index in [4.69, 9.17) is 4.74 Å². The van der Waals surface area contributed by atoms with Gasteiger partial charge in [0.05, 0.1) is 16.1 Å². The fraction of sp³-hybridized carbons (Fsp3) is 0.444. The van der Waals surface area contributed by atoms with Crippen LogP contribution >= 0.6 is 0 Å². The number of fused-ring (bicyclic) bond motifs is 1. The molecular weight excluding hydrogens is 512 g/mol. The van der Waals surface area contributed by atoms with Crippen LogP contribution in [-0.2, 0) is 22.7 Å². The van der Waals surface area contributed by atoms with E-state index < -0.39 is 12.7 Å². The Morgan fingerprint density at radius 2 is 2.00 bits per heavy atom. The fourth-order valence-corrected chi connectivity index (χ4v) is 6.43. The standard InChI is InChI=1S/C27H29F2N3O5Si/c1-15(33)32-12-24(18-6-7-22(37-27(28)29)23(9-18)36-13-16-2-3-16)38-14-21(32)26(35)30-10-17-4-5-19-11-31-25(34)20(19)8-17/h4-9,16,21,24,27H,2-3,10-14H2,1H3,(H,30,35)(H,31,34)/t21-,24-/m1/s1. The number of hydrogen-bond donors (Lipinski definition) is 2. The molecular formula is C27H29F2N3O5Si. The van der Waals surface area contributed by atoms with Crippen LogP contribution in [-0.4, -0.2) is 57.9 Å². The summed E-state index contributed by atoms with van der Waals surface area (Å²) in [7, 11) is 0.341. The van der Waals surface area contributed by atoms with Gasteiger partial charge < -0.3 is 25.0 Å². The molecule has 2 heterocycles. The highest BCUT2D eigenvalue weighted by Gasteiger charge is 2.36. The quantitative estimate of drug-likeness (QED) is 0.476. The SMILES string of the molecule is CC(=O)N1C[C@H](c2ccc(OC(F)F)c(OCC3CC3)c2)[Si]C[C@@H]1C(=O)NCc1ccc2c(c1)C(=O)NC2. The average Bonchev–Trinajstić information content (AvgIpc) is 3.67. The number of amides is 3. The maximum absolute atomic E-state index is 13.1. The first-order chi connectivity index (χ1) is 18.3. The summed E-state index contributed by atoms with van der Waals surface area (Å²) in [6.45, 7) is 0.0292. The van der Waals surface area contributed by atoms with E-state index in [0.29, 0.717) is 46.7 Å². The summed E-state index contributed by atoms with van der Waals surface area (Å²) in [5, 5.41) is 5.69. The van der Waals surface area contributed by atoms with Crippen molar-refractivity contribution in [1.29, 1.82) is 0 Å². The van der Waals surface area contributed by atoms with E-state index in [1.807, 2.05) is 12.1 Å². The van der Waals surface area contributed by atoms with Gasteiger partial charge in [-0.3, -0.25) is 14.4 Å². The van der Waals surface area contributed by atoms with Crippen LogP contribution in [0.5, 0.6) is 11.5 Å². The van der Waals surface area contributed by atoms with Crippen molar-refractivity contribution < 1.29 is 32.6 Å². The first-order valence-corrected chi connectivity index (χ1v) is 14.0. The summed E-state index contributed by atoms with van der Waals surface area (Å²) in [4.78, 5) is 39.1. The zero-order chi connectivity index (χ0) is 26.8. The molecule has 1 saturated carbocycles. The van der Waals surface area contributed by atoms with Gasteiger partial charge in [-0.25, -0.2) is 0 Å². The molecule has 0 aromatic heterocycles. The predicted molar refractivity (Wildman–Crippen MR) is 135 cm³/mol. The summed E-state index contributed by atoms with van der Waals surface area (Å²) in [5.41, 5.74) is 3.17. The maximum atomic E-state index is 13.1. The minimum Gasteiger partial charge on any atom is -0.489 e. The second-order valence-corrected chi connectivity index (χ2v) is 11.4. The number of carbonyl (C=O) groups excluding carboxylic acids is 3. The third kappa shape index (κ3) is 5.98. The molecule has 1 saturated heterocycles. The molecule has 2 aromatic carbocycles. The normalized spacial score (nSPS) is 20.6. The van der Waals surface area contributed by atoms with Crippen LogP contribution in [0.1, 0.15) is 52.4 Å². The summed E-state index contributed by atoms with van der Waals surface area (Å²) in [5.74, 6) is 0.133. The Morgan fingerprint density at radius 1 is 1.18 bits per heavy atom. The molecule has 2 radical (unpaired) electrons. The van der Waals surface area contributed by atoms with Crippen LogP contribution in [0.4, 0.5) is 8.78 Å². The number of alkyl halides is 2. The van der Waals surface area contributed by atoms with E-state index in [2.05, 4.69) is 15.4 Å². The van der Waals surface area contributed by atoms with Crippen molar-refractivity contribution in [2.24, 2.45) is 5.92 Å². The van der Waals surface area contributed by atoms with Gasteiger partial charge in [-0.2, -0.15) is 8.78 Å². The van der Waals surface area contributed by atoms with Crippen LogP contribution in [0.15, 0.2) is 36.4 Å². The third-order valence-corrected chi connectivity index (χ3v) is 8.73. The van der Waals surface area contributed by atoms with Crippen LogP contribution in [0.25, 0.3) is 0 Å². The van der Waals surface area contributed by atoms with Gasteiger partial charge in [0, 0.05) is 32.1 Å². The first-order valence-electron chi connectivity index (χ1n) is 12.7. The van der Waals surface area contributed by atoms with Crippen LogP contribution < -0.4 is 20.1 Å². The Kier molecular flexibility index (Phi) is 7.64. The summed E-state index contributed by atoms with van der Waals surface area (Å²) < 4.78 is 36.2. The van der Waals surface area contributed by atoms with E-state index in [-0.39, 0.29) is 41.3 Å². The lowest BCUT2D eigenvalue weighted by Crippen LogP contribution is -2.54. The molecule has 3 amide bonds. The minimum absolute atomic E-state index is 0.00624. The lowest BCUT2D eigenvalue weighted by molar-refractivity contribution is -0.138. The van der Waals surface area contributed by atoms with E-state index in [0.717, 1.165) is 29.5 Å². The Bertz CT molecular complexity index is 1240. The van der Waals surface area contributed by atoms with Crippen molar-refractivity contribution in [3.63, 3.8) is 0 Å². The van der Waals surface area contributed by atoms with Crippen molar-refractivity contribution >= 4 is 27.2 Å². The largest absolute Gasteiger partial charge is 0.489 e. The van der Waals surface area contributed by atoms with Gasteiger partial charge in [-0.1, -0.05) is 18.2 Å². The molecule has 5 rings (SSSR count). The van der Waals surface area contributed by atoms with Crippen molar-refractivity contribution in [3.8, 4) is 11.5 Å². The smallest absolute Gasteiger partial charge is 0.387 e. The van der Waals surface area contributed by atoms with Crippen molar-refractivity contribution in [2.75, 3.05) is 13.2 Å². The van der Waals surface area contributed by atoms with Crippen molar-refractivity contribution in [2.45, 2.75) is 57.1 Å². The Hall–Kier alpha value is -3.47. The summed E-state index contributed by atoms with van der Waals surface area (Å²) in [6.07, 6.45) is 2.13. The molecule has 38 heavy (non-hydrogen) atoms. The van der Waals surface area contributed by atoms with E-state index in [1.165, 1.54) is 13.0 Å².